The molecule has 0 radical (unpaired) electrons. The van der Waals surface area contributed by atoms with E-state index in [0.29, 0.717) is 6.61 Å². The molecular formula is C18H22ClNO. The Morgan fingerprint density at radius 1 is 0.905 bits per heavy atom. The van der Waals surface area contributed by atoms with Gasteiger partial charge in [0.05, 0.1) is 0 Å². The molecule has 0 saturated heterocycles. The van der Waals surface area contributed by atoms with Crippen molar-refractivity contribution < 1.29 is 4.74 Å². The van der Waals surface area contributed by atoms with Gasteiger partial charge in [0.25, 0.3) is 0 Å². The van der Waals surface area contributed by atoms with Gasteiger partial charge in [-0.05, 0) is 25.7 Å². The second kappa shape index (κ2) is 9.22. The van der Waals surface area contributed by atoms with Crippen LogP contribution >= 0.6 is 12.4 Å². The van der Waals surface area contributed by atoms with Crippen LogP contribution in [0.3, 0.4) is 0 Å². The summed E-state index contributed by atoms with van der Waals surface area (Å²) in [5.74, 6) is 0.932. The molecule has 2 nitrogen and oxygen atoms in total. The van der Waals surface area contributed by atoms with Gasteiger partial charge in [0.1, 0.15) is 12.4 Å². The standard InChI is InChI=1S/C18H21NO.ClH/c1-19(2)14-15-20-18-11-7-6-10-17(18)13-12-16-8-4-3-5-9-16;/h3-13H,14-15H2,1-2H3;1H. The molecule has 21 heavy (non-hydrogen) atoms. The summed E-state index contributed by atoms with van der Waals surface area (Å²) in [5.41, 5.74) is 2.30. The number of hydrogen-bond acceptors (Lipinski definition) is 2. The molecule has 0 aliphatic carbocycles. The number of likely N-dealkylation sites (N-methyl/N-ethyl adjacent to an activating group) is 1. The molecule has 0 atom stereocenters. The Hall–Kier alpha value is -1.77. The average molecular weight is 304 g/mol. The Bertz CT molecular complexity index is 552. The number of para-hydroxylation sites is 1. The molecule has 2 rings (SSSR count). The highest BCUT2D eigenvalue weighted by Crippen LogP contribution is 2.20. The van der Waals surface area contributed by atoms with Crippen LogP contribution in [0.2, 0.25) is 0 Å². The van der Waals surface area contributed by atoms with Crippen molar-refractivity contribution in [2.24, 2.45) is 0 Å². The molecule has 0 amide bonds. The van der Waals surface area contributed by atoms with Crippen molar-refractivity contribution in [1.29, 1.82) is 0 Å². The maximum atomic E-state index is 5.84. The summed E-state index contributed by atoms with van der Waals surface area (Å²) < 4.78 is 5.84. The second-order valence-corrected chi connectivity index (χ2v) is 4.93. The van der Waals surface area contributed by atoms with Gasteiger partial charge in [-0.25, -0.2) is 0 Å². The van der Waals surface area contributed by atoms with Crippen LogP contribution in [0.25, 0.3) is 12.2 Å². The Balaban J connectivity index is 0.00000220. The first-order chi connectivity index (χ1) is 9.75. The van der Waals surface area contributed by atoms with E-state index in [1.807, 2.05) is 50.5 Å². The van der Waals surface area contributed by atoms with E-state index < -0.39 is 0 Å². The number of nitrogens with zero attached hydrogens (tertiary/aromatic N) is 1. The molecule has 0 aromatic heterocycles. The molecule has 0 aliphatic rings. The summed E-state index contributed by atoms with van der Waals surface area (Å²) in [5, 5.41) is 0. The number of benzene rings is 2. The van der Waals surface area contributed by atoms with Crippen LogP contribution in [-0.2, 0) is 0 Å². The third-order valence-corrected chi connectivity index (χ3v) is 2.97. The van der Waals surface area contributed by atoms with E-state index in [4.69, 9.17) is 4.74 Å². The SMILES string of the molecule is CN(C)CCOc1ccccc1C=Cc1ccccc1.Cl. The average Bonchev–Trinajstić information content (AvgIpc) is 2.47. The van der Waals surface area contributed by atoms with Crippen molar-refractivity contribution in [3.05, 3.63) is 65.7 Å². The molecule has 2 aromatic carbocycles. The van der Waals surface area contributed by atoms with Gasteiger partial charge in [0.15, 0.2) is 0 Å². The molecule has 0 spiro atoms. The predicted octanol–water partition coefficient (Wildman–Crippen LogP) is 4.22. The minimum absolute atomic E-state index is 0. The first-order valence-electron chi connectivity index (χ1n) is 6.85. The second-order valence-electron chi connectivity index (χ2n) is 4.93. The Morgan fingerprint density at radius 2 is 1.57 bits per heavy atom. The molecule has 0 saturated carbocycles. The van der Waals surface area contributed by atoms with Gasteiger partial charge in [-0.1, -0.05) is 60.7 Å². The highest BCUT2D eigenvalue weighted by Gasteiger charge is 2.00. The summed E-state index contributed by atoms with van der Waals surface area (Å²) in [6, 6.07) is 18.4. The van der Waals surface area contributed by atoms with Gasteiger partial charge in [-0.15, -0.1) is 12.4 Å². The van der Waals surface area contributed by atoms with Crippen molar-refractivity contribution in [2.75, 3.05) is 27.2 Å². The van der Waals surface area contributed by atoms with Crippen LogP contribution in [0.1, 0.15) is 11.1 Å². The topological polar surface area (TPSA) is 12.5 Å². The van der Waals surface area contributed by atoms with Crippen LogP contribution in [0.5, 0.6) is 5.75 Å². The van der Waals surface area contributed by atoms with Crippen LogP contribution in [0.15, 0.2) is 54.6 Å². The van der Waals surface area contributed by atoms with Crippen LogP contribution < -0.4 is 4.74 Å². The number of rotatable bonds is 6. The third kappa shape index (κ3) is 6.03. The Kier molecular flexibility index (Phi) is 7.59. The lowest BCUT2D eigenvalue weighted by molar-refractivity contribution is 0.261. The summed E-state index contributed by atoms with van der Waals surface area (Å²) >= 11 is 0. The summed E-state index contributed by atoms with van der Waals surface area (Å²) in [6.45, 7) is 1.61. The van der Waals surface area contributed by atoms with E-state index in [0.717, 1.165) is 17.9 Å². The fourth-order valence-corrected chi connectivity index (χ4v) is 1.84. The molecule has 0 N–H and O–H groups in total. The maximum absolute atomic E-state index is 5.84. The molecule has 0 fully saturated rings. The van der Waals surface area contributed by atoms with Crippen molar-refractivity contribution in [3.63, 3.8) is 0 Å². The molecule has 0 heterocycles. The normalized spacial score (nSPS) is 10.6. The summed E-state index contributed by atoms with van der Waals surface area (Å²) in [7, 11) is 4.09. The number of halogens is 1. The highest BCUT2D eigenvalue weighted by atomic mass is 35.5. The van der Waals surface area contributed by atoms with E-state index >= 15 is 0 Å². The van der Waals surface area contributed by atoms with Gasteiger partial charge in [0, 0.05) is 12.1 Å². The first-order valence-corrected chi connectivity index (χ1v) is 6.85. The quantitative estimate of drug-likeness (QED) is 0.741. The molecule has 0 bridgehead atoms. The largest absolute Gasteiger partial charge is 0.492 e. The van der Waals surface area contributed by atoms with E-state index in [9.17, 15) is 0 Å². The lowest BCUT2D eigenvalue weighted by atomic mass is 10.1. The smallest absolute Gasteiger partial charge is 0.126 e. The molecule has 112 valence electrons. The van der Waals surface area contributed by atoms with Crippen molar-refractivity contribution in [1.82, 2.24) is 4.90 Å². The monoisotopic (exact) mass is 303 g/mol. The van der Waals surface area contributed by atoms with E-state index in [-0.39, 0.29) is 12.4 Å². The fourth-order valence-electron chi connectivity index (χ4n) is 1.84. The number of hydrogen-bond donors (Lipinski definition) is 0. The van der Waals surface area contributed by atoms with Gasteiger partial charge < -0.3 is 9.64 Å². The fraction of sp³-hybridized carbons (Fsp3) is 0.222. The van der Waals surface area contributed by atoms with E-state index in [1.54, 1.807) is 0 Å². The van der Waals surface area contributed by atoms with Gasteiger partial charge in [-0.2, -0.15) is 0 Å². The first kappa shape index (κ1) is 17.3. The molecule has 3 heteroatoms. The summed E-state index contributed by atoms with van der Waals surface area (Å²) in [6.07, 6.45) is 4.20. The molecule has 2 aromatic rings. The van der Waals surface area contributed by atoms with Crippen LogP contribution in [0.4, 0.5) is 0 Å². The van der Waals surface area contributed by atoms with Crippen molar-refractivity contribution in [3.8, 4) is 5.75 Å². The summed E-state index contributed by atoms with van der Waals surface area (Å²) in [4.78, 5) is 2.11. The van der Waals surface area contributed by atoms with Crippen molar-refractivity contribution in [2.45, 2.75) is 0 Å². The van der Waals surface area contributed by atoms with Gasteiger partial charge in [0.2, 0.25) is 0 Å². The lowest BCUT2D eigenvalue weighted by Crippen LogP contribution is -2.19. The zero-order valence-corrected chi connectivity index (χ0v) is 13.3. The number of ether oxygens (including phenoxy) is 1. The van der Waals surface area contributed by atoms with Crippen LogP contribution in [0, 0.1) is 0 Å². The molecule has 0 unspecified atom stereocenters. The maximum Gasteiger partial charge on any atom is 0.126 e. The van der Waals surface area contributed by atoms with Crippen LogP contribution in [-0.4, -0.2) is 32.1 Å². The lowest BCUT2D eigenvalue weighted by Gasteiger charge is -2.12. The molecular weight excluding hydrogens is 282 g/mol. The zero-order chi connectivity index (χ0) is 14.2. The van der Waals surface area contributed by atoms with E-state index in [2.05, 4.69) is 35.3 Å². The minimum Gasteiger partial charge on any atom is -0.492 e. The minimum atomic E-state index is 0. The Labute approximate surface area is 133 Å². The predicted molar refractivity (Wildman–Crippen MR) is 93.1 cm³/mol. The highest BCUT2D eigenvalue weighted by molar-refractivity contribution is 5.85. The van der Waals surface area contributed by atoms with Gasteiger partial charge in [-0.3, -0.25) is 0 Å². The third-order valence-electron chi connectivity index (χ3n) is 2.97. The Morgan fingerprint density at radius 3 is 2.29 bits per heavy atom. The van der Waals surface area contributed by atoms with Crippen molar-refractivity contribution >= 4 is 24.6 Å². The zero-order valence-electron chi connectivity index (χ0n) is 12.5. The van der Waals surface area contributed by atoms with Gasteiger partial charge >= 0.3 is 0 Å². The van der Waals surface area contributed by atoms with E-state index in [1.165, 1.54) is 5.56 Å². The molecule has 0 aliphatic heterocycles.